The van der Waals surface area contributed by atoms with E-state index in [9.17, 15) is 14.9 Å². The molecule has 0 radical (unpaired) electrons. The second-order valence-corrected chi connectivity index (χ2v) is 10.8. The summed E-state index contributed by atoms with van der Waals surface area (Å²) in [6.07, 6.45) is 3.05. The van der Waals surface area contributed by atoms with Gasteiger partial charge in [-0.1, -0.05) is 19.6 Å². The van der Waals surface area contributed by atoms with Gasteiger partial charge in [-0.2, -0.15) is 0 Å². The maximum Gasteiger partial charge on any atom is 0.342 e. The third-order valence-corrected chi connectivity index (χ3v) is 6.81. The van der Waals surface area contributed by atoms with Gasteiger partial charge in [0.05, 0.1) is 22.4 Å². The smallest absolute Gasteiger partial charge is 0.342 e. The normalized spacial score (nSPS) is 11.1. The molecular weight excluding hydrogens is 534 g/mol. The first-order chi connectivity index (χ1) is 19.3. The average molecular weight is 576 g/mol. The second-order valence-electron chi connectivity index (χ2n) is 10.8. The summed E-state index contributed by atoms with van der Waals surface area (Å²) in [6, 6.07) is 9.38. The maximum absolute atomic E-state index is 13.1. The number of carbonyl (C=O) groups excluding carboxylic acids is 1. The van der Waals surface area contributed by atoms with Crippen LogP contribution in [0, 0.1) is 24.0 Å². The number of rotatable bonds is 10. The van der Waals surface area contributed by atoms with E-state index >= 15 is 0 Å². The predicted molar refractivity (Wildman–Crippen MR) is 169 cm³/mol. The molecule has 0 saturated heterocycles. The number of nitrogens with one attached hydrogen (secondary N) is 1. The molecule has 224 valence electrons. The molecule has 2 aromatic carbocycles. The molecule has 4 aromatic rings. The highest BCUT2D eigenvalue weighted by molar-refractivity contribution is 6.03. The van der Waals surface area contributed by atoms with Gasteiger partial charge in [-0.05, 0) is 65.0 Å². The number of nitrogens with zero attached hydrogens (tertiary/aromatic N) is 6. The Hall–Kier alpha value is -4.51. The summed E-state index contributed by atoms with van der Waals surface area (Å²) in [6.45, 7) is 8.85. The zero-order chi connectivity index (χ0) is 30.0. The number of carbonyl (C=O) groups is 1. The summed E-state index contributed by atoms with van der Waals surface area (Å²) in [5, 5.41) is 16.1. The lowest BCUT2D eigenvalue weighted by Gasteiger charge is -2.22. The van der Waals surface area contributed by atoms with E-state index in [-0.39, 0.29) is 35.7 Å². The van der Waals surface area contributed by atoms with E-state index in [4.69, 9.17) is 9.72 Å². The number of nitro benzene ring substituents is 1. The zero-order valence-electron chi connectivity index (χ0n) is 24.8. The Bertz CT molecular complexity index is 1610. The van der Waals surface area contributed by atoms with Crippen molar-refractivity contribution >= 4 is 39.9 Å². The molecule has 0 unspecified atom stereocenters. The van der Waals surface area contributed by atoms with Gasteiger partial charge in [0.25, 0.3) is 5.69 Å². The van der Waals surface area contributed by atoms with Gasteiger partial charge in [0.1, 0.15) is 11.3 Å². The van der Waals surface area contributed by atoms with Gasteiger partial charge in [0, 0.05) is 62.1 Å². The zero-order valence-corrected chi connectivity index (χ0v) is 24.8. The highest BCUT2D eigenvalue weighted by atomic mass is 16.6. The van der Waals surface area contributed by atoms with Crippen LogP contribution in [0.5, 0.6) is 0 Å². The lowest BCUT2D eigenvalue weighted by Crippen LogP contribution is -2.29. The number of hydrogen-bond donors (Lipinski definition) is 1. The molecule has 0 amide bonds. The van der Waals surface area contributed by atoms with Crippen LogP contribution in [0.25, 0.3) is 22.2 Å². The van der Waals surface area contributed by atoms with Crippen molar-refractivity contribution in [3.05, 3.63) is 69.5 Å². The average Bonchev–Trinajstić information content (AvgIpc) is 3.22. The summed E-state index contributed by atoms with van der Waals surface area (Å²) < 4.78 is 7.49. The van der Waals surface area contributed by atoms with Crippen molar-refractivity contribution in [2.45, 2.75) is 41.2 Å². The van der Waals surface area contributed by atoms with Crippen LogP contribution in [0.2, 0.25) is 0 Å². The van der Waals surface area contributed by atoms with Crippen LogP contribution in [-0.4, -0.2) is 70.7 Å². The van der Waals surface area contributed by atoms with Gasteiger partial charge in [-0.25, -0.2) is 14.8 Å². The summed E-state index contributed by atoms with van der Waals surface area (Å²) in [5.74, 6) is -0.320. The number of anilines is 3. The molecule has 2 heterocycles. The lowest BCUT2D eigenvalue weighted by molar-refractivity contribution is -0.384. The lowest BCUT2D eigenvalue weighted by atomic mass is 10.0. The van der Waals surface area contributed by atoms with Crippen molar-refractivity contribution in [1.29, 1.82) is 0 Å². The highest BCUT2D eigenvalue weighted by Gasteiger charge is 2.24. The first-order valence-corrected chi connectivity index (χ1v) is 13.4. The van der Waals surface area contributed by atoms with E-state index < -0.39 is 5.97 Å². The van der Waals surface area contributed by atoms with Crippen molar-refractivity contribution in [3.8, 4) is 11.3 Å². The van der Waals surface area contributed by atoms with Crippen LogP contribution in [0.1, 0.15) is 42.8 Å². The fraction of sp³-hybridized carbons (Fsp3) is 0.387. The molecule has 4 rings (SSSR count). The molecule has 0 aliphatic carbocycles. The Morgan fingerprint density at radius 3 is 2.50 bits per heavy atom. The molecule has 0 spiro atoms. The number of benzene rings is 2. The summed E-state index contributed by atoms with van der Waals surface area (Å²) in [5.41, 5.74) is 5.30. The number of likely N-dealkylation sites (N-methyl/N-ethyl adjacent to an activating group) is 2. The first-order valence-electron chi connectivity index (χ1n) is 13.4. The Labute approximate surface area is 247 Å². The van der Waals surface area contributed by atoms with Crippen molar-refractivity contribution in [1.82, 2.24) is 19.4 Å². The summed E-state index contributed by atoms with van der Waals surface area (Å²) >= 11 is 0. The predicted octanol–water partition coefficient (Wildman–Crippen LogP) is 6.10. The molecule has 11 heteroatoms. The SMILES string of the molecule is C.Cc1ccc2c(-c3nc(Nc4cc([N+](=O)[O-])c(N(C)CCN(C)C)cc4C)ncc3C(=O)OC(C)C)cn(C)c2c1. The van der Waals surface area contributed by atoms with Crippen LogP contribution < -0.4 is 10.2 Å². The molecule has 11 nitrogen and oxygen atoms in total. The molecular formula is C31H41N7O4. The third kappa shape index (κ3) is 6.85. The summed E-state index contributed by atoms with van der Waals surface area (Å²) in [4.78, 5) is 37.8. The van der Waals surface area contributed by atoms with Crippen LogP contribution in [0.3, 0.4) is 0 Å². The molecule has 42 heavy (non-hydrogen) atoms. The van der Waals surface area contributed by atoms with Gasteiger partial charge in [-0.15, -0.1) is 0 Å². The monoisotopic (exact) mass is 575 g/mol. The maximum atomic E-state index is 13.1. The highest BCUT2D eigenvalue weighted by Crippen LogP contribution is 2.36. The van der Waals surface area contributed by atoms with Crippen molar-refractivity contribution < 1.29 is 14.5 Å². The van der Waals surface area contributed by atoms with Crippen molar-refractivity contribution in [2.24, 2.45) is 7.05 Å². The third-order valence-electron chi connectivity index (χ3n) is 6.81. The minimum atomic E-state index is -0.525. The van der Waals surface area contributed by atoms with Crippen LogP contribution in [-0.2, 0) is 11.8 Å². The van der Waals surface area contributed by atoms with E-state index in [2.05, 4.69) is 16.4 Å². The number of esters is 1. The molecule has 0 atom stereocenters. The van der Waals surface area contributed by atoms with E-state index in [0.717, 1.165) is 34.1 Å². The van der Waals surface area contributed by atoms with Gasteiger partial charge >= 0.3 is 5.97 Å². The molecule has 0 aliphatic heterocycles. The Balaban J connectivity index is 0.00000484. The van der Waals surface area contributed by atoms with Crippen molar-refractivity contribution in [3.63, 3.8) is 0 Å². The number of ether oxygens (including phenoxy) is 1. The number of nitro groups is 1. The second kappa shape index (κ2) is 13.0. The van der Waals surface area contributed by atoms with E-state index in [1.165, 1.54) is 12.3 Å². The molecule has 0 fully saturated rings. The molecule has 2 aromatic heterocycles. The molecule has 0 saturated carbocycles. The Kier molecular flexibility index (Phi) is 9.90. The van der Waals surface area contributed by atoms with E-state index in [1.54, 1.807) is 19.9 Å². The fourth-order valence-electron chi connectivity index (χ4n) is 4.62. The number of hydrogen-bond acceptors (Lipinski definition) is 9. The fourth-order valence-corrected chi connectivity index (χ4v) is 4.62. The van der Waals surface area contributed by atoms with Gasteiger partial charge in [0.15, 0.2) is 0 Å². The Morgan fingerprint density at radius 1 is 1.14 bits per heavy atom. The molecule has 1 N–H and O–H groups in total. The quantitative estimate of drug-likeness (QED) is 0.136. The van der Waals surface area contributed by atoms with Crippen LogP contribution in [0.15, 0.2) is 42.7 Å². The van der Waals surface area contributed by atoms with Crippen LogP contribution >= 0.6 is 0 Å². The topological polar surface area (TPSA) is 119 Å². The standard InChI is InChI=1S/C30H37N7O4.CH4/c1-18(2)41-29(38)22-16-31-30(33-28(22)23-17-36(8)25-13-19(3)9-10-21(23)25)32-24-15-27(37(39)40)26(14-20(24)4)35(7)12-11-34(5)6;/h9-10,13-18H,11-12H2,1-8H3,(H,31,32,33);1H4. The van der Waals surface area contributed by atoms with Gasteiger partial charge < -0.3 is 24.4 Å². The minimum Gasteiger partial charge on any atom is -0.459 e. The molecule has 0 aliphatic rings. The summed E-state index contributed by atoms with van der Waals surface area (Å²) in [7, 11) is 7.70. The van der Waals surface area contributed by atoms with Gasteiger partial charge in [-0.3, -0.25) is 10.1 Å². The number of aryl methyl sites for hydroxylation is 3. The van der Waals surface area contributed by atoms with E-state index in [0.29, 0.717) is 23.6 Å². The Morgan fingerprint density at radius 2 is 1.86 bits per heavy atom. The molecule has 0 bridgehead atoms. The number of aromatic nitrogens is 3. The van der Waals surface area contributed by atoms with Crippen LogP contribution in [0.4, 0.5) is 23.0 Å². The van der Waals surface area contributed by atoms with E-state index in [1.807, 2.05) is 74.7 Å². The van der Waals surface area contributed by atoms with Crippen molar-refractivity contribution in [2.75, 3.05) is 44.4 Å². The minimum absolute atomic E-state index is 0. The first kappa shape index (κ1) is 32.0. The largest absolute Gasteiger partial charge is 0.459 e. The van der Waals surface area contributed by atoms with Gasteiger partial charge in [0.2, 0.25) is 5.95 Å². The number of fused-ring (bicyclic) bond motifs is 1.